The van der Waals surface area contributed by atoms with Crippen molar-refractivity contribution in [1.82, 2.24) is 9.80 Å². The van der Waals surface area contributed by atoms with Crippen LogP contribution >= 0.6 is 0 Å². The first kappa shape index (κ1) is 28.5. The van der Waals surface area contributed by atoms with Crippen LogP contribution in [0.15, 0.2) is 132 Å². The number of carbonyl (C=O) groups excluding carboxylic acids is 2. The third kappa shape index (κ3) is 5.16. The summed E-state index contributed by atoms with van der Waals surface area (Å²) in [6, 6.07) is 38.2. The van der Waals surface area contributed by atoms with Gasteiger partial charge in [-0.2, -0.15) is 0 Å². The summed E-state index contributed by atoms with van der Waals surface area (Å²) in [6.07, 6.45) is -0.984. The first-order valence-electron chi connectivity index (χ1n) is 15.3. The number of amides is 2. The van der Waals surface area contributed by atoms with Crippen LogP contribution in [-0.4, -0.2) is 50.9 Å². The Bertz CT molecular complexity index is 1610. The first-order chi connectivity index (χ1) is 21.9. The Morgan fingerprint density at radius 3 is 1.27 bits per heavy atom. The van der Waals surface area contributed by atoms with E-state index >= 15 is 0 Å². The molecular weight excluding hydrogens is 564 g/mol. The molecule has 3 aliphatic heterocycles. The van der Waals surface area contributed by atoms with Crippen molar-refractivity contribution in [2.75, 3.05) is 0 Å². The fourth-order valence-corrected chi connectivity index (χ4v) is 6.79. The molecular formula is C37H34N4O4. The van der Waals surface area contributed by atoms with E-state index in [1.54, 1.807) is 0 Å². The molecule has 1 fully saturated rings. The smallest absolute Gasteiger partial charge is 0.269 e. The number of nitrogens with zero attached hydrogens (tertiary/aromatic N) is 4. The molecule has 0 unspecified atom stereocenters. The zero-order valence-electron chi connectivity index (χ0n) is 25.2. The SMILES string of the molecule is CC1(C)N(C(=O)[C@@H]2CC(c3ccccc3)=NO2)[C@H](c2ccccc2)[C@H](c2ccccc2)N1C(=O)[C@H]1CC(c2ccccc2)=NO1. The average molecular weight is 599 g/mol. The highest BCUT2D eigenvalue weighted by molar-refractivity contribution is 6.05. The zero-order chi connectivity index (χ0) is 31.0. The third-order valence-electron chi connectivity index (χ3n) is 8.89. The fraction of sp³-hybridized carbons (Fsp3) is 0.243. The van der Waals surface area contributed by atoms with Crippen LogP contribution in [0.2, 0.25) is 0 Å². The lowest BCUT2D eigenvalue weighted by Crippen LogP contribution is -2.57. The number of rotatable bonds is 6. The van der Waals surface area contributed by atoms with Gasteiger partial charge in [0.15, 0.2) is 0 Å². The molecule has 0 N–H and O–H groups in total. The Morgan fingerprint density at radius 2 is 0.911 bits per heavy atom. The summed E-state index contributed by atoms with van der Waals surface area (Å²) in [5.41, 5.74) is 4.05. The highest BCUT2D eigenvalue weighted by Gasteiger charge is 2.59. The predicted molar refractivity (Wildman–Crippen MR) is 171 cm³/mol. The minimum atomic E-state index is -1.06. The Morgan fingerprint density at radius 1 is 0.578 bits per heavy atom. The molecule has 45 heavy (non-hydrogen) atoms. The van der Waals surface area contributed by atoms with E-state index in [1.807, 2.05) is 145 Å². The van der Waals surface area contributed by atoms with Crippen LogP contribution in [0, 0.1) is 0 Å². The first-order valence-corrected chi connectivity index (χ1v) is 15.3. The summed E-state index contributed by atoms with van der Waals surface area (Å²) < 4.78 is 0. The summed E-state index contributed by atoms with van der Waals surface area (Å²) >= 11 is 0. The summed E-state index contributed by atoms with van der Waals surface area (Å²) in [7, 11) is 0. The Kier molecular flexibility index (Phi) is 7.41. The van der Waals surface area contributed by atoms with Crippen molar-refractivity contribution in [2.24, 2.45) is 10.3 Å². The van der Waals surface area contributed by atoms with Crippen LogP contribution in [-0.2, 0) is 19.3 Å². The van der Waals surface area contributed by atoms with Gasteiger partial charge < -0.3 is 19.5 Å². The van der Waals surface area contributed by atoms with E-state index in [0.717, 1.165) is 33.7 Å². The second kappa shape index (κ2) is 11.7. The number of hydrogen-bond donors (Lipinski definition) is 0. The highest BCUT2D eigenvalue weighted by atomic mass is 16.7. The zero-order valence-corrected chi connectivity index (χ0v) is 25.2. The molecule has 4 atom stereocenters. The van der Waals surface area contributed by atoms with Gasteiger partial charge in [0.1, 0.15) is 5.66 Å². The quantitative estimate of drug-likeness (QED) is 0.262. The average Bonchev–Trinajstić information content (AvgIpc) is 3.83. The second-order valence-corrected chi connectivity index (χ2v) is 12.0. The number of oxime groups is 2. The van der Waals surface area contributed by atoms with Crippen LogP contribution in [0.1, 0.15) is 61.0 Å². The summed E-state index contributed by atoms with van der Waals surface area (Å²) in [5.74, 6) is -0.457. The molecule has 226 valence electrons. The Balaban J connectivity index is 1.27. The van der Waals surface area contributed by atoms with E-state index in [1.165, 1.54) is 0 Å². The lowest BCUT2D eigenvalue weighted by molar-refractivity contribution is -0.158. The molecule has 0 radical (unpaired) electrons. The molecule has 0 saturated carbocycles. The van der Waals surface area contributed by atoms with E-state index in [4.69, 9.17) is 9.68 Å². The fourth-order valence-electron chi connectivity index (χ4n) is 6.79. The van der Waals surface area contributed by atoms with Gasteiger partial charge in [0, 0.05) is 12.8 Å². The largest absolute Gasteiger partial charge is 0.382 e. The van der Waals surface area contributed by atoms with Gasteiger partial charge >= 0.3 is 0 Å². The molecule has 3 heterocycles. The van der Waals surface area contributed by atoms with Gasteiger partial charge in [-0.15, -0.1) is 0 Å². The Hall–Kier alpha value is -5.24. The molecule has 8 heteroatoms. The van der Waals surface area contributed by atoms with Crippen molar-refractivity contribution in [3.05, 3.63) is 144 Å². The van der Waals surface area contributed by atoms with Crippen LogP contribution < -0.4 is 0 Å². The molecule has 0 aliphatic carbocycles. The van der Waals surface area contributed by atoms with Crippen molar-refractivity contribution < 1.29 is 19.3 Å². The van der Waals surface area contributed by atoms with Gasteiger partial charge in [0.05, 0.1) is 23.5 Å². The van der Waals surface area contributed by atoms with Crippen molar-refractivity contribution >= 4 is 23.2 Å². The van der Waals surface area contributed by atoms with Gasteiger partial charge in [0.25, 0.3) is 11.8 Å². The maximum absolute atomic E-state index is 14.7. The topological polar surface area (TPSA) is 83.8 Å². The minimum absolute atomic E-state index is 0.228. The number of hydrogen-bond acceptors (Lipinski definition) is 6. The molecule has 1 saturated heterocycles. The Labute approximate surface area is 262 Å². The van der Waals surface area contributed by atoms with Gasteiger partial charge in [-0.25, -0.2) is 0 Å². The molecule has 3 aliphatic rings. The molecule has 0 aromatic heterocycles. The predicted octanol–water partition coefficient (Wildman–Crippen LogP) is 6.26. The van der Waals surface area contributed by atoms with Gasteiger partial charge in [0.2, 0.25) is 12.2 Å². The van der Waals surface area contributed by atoms with E-state index in [-0.39, 0.29) is 11.8 Å². The van der Waals surface area contributed by atoms with Gasteiger partial charge in [-0.05, 0) is 36.1 Å². The van der Waals surface area contributed by atoms with E-state index in [0.29, 0.717) is 12.8 Å². The molecule has 8 nitrogen and oxygen atoms in total. The van der Waals surface area contributed by atoms with Crippen molar-refractivity contribution in [3.63, 3.8) is 0 Å². The number of carbonyl (C=O) groups is 2. The third-order valence-corrected chi connectivity index (χ3v) is 8.89. The molecule has 2 amide bonds. The molecule has 7 rings (SSSR count). The number of benzene rings is 4. The summed E-state index contributed by atoms with van der Waals surface area (Å²) in [4.78, 5) is 44.6. The van der Waals surface area contributed by atoms with Crippen LogP contribution in [0.4, 0.5) is 0 Å². The maximum Gasteiger partial charge on any atom is 0.269 e. The minimum Gasteiger partial charge on any atom is -0.382 e. The van der Waals surface area contributed by atoms with Crippen molar-refractivity contribution in [3.8, 4) is 0 Å². The maximum atomic E-state index is 14.7. The lowest BCUT2D eigenvalue weighted by Gasteiger charge is -2.40. The molecule has 0 bridgehead atoms. The van der Waals surface area contributed by atoms with E-state index < -0.39 is 30.0 Å². The standard InChI is InChI=1S/C37H34N4O4/c1-37(2)40(35(42)31-23-29(38-44-31)25-15-7-3-8-16-25)33(27-19-11-5-12-20-27)34(28-21-13-6-14-22-28)41(37)36(43)32-24-30(39-45-32)26-17-9-4-10-18-26/h3-22,31-34H,23-24H2,1-2H3/t31-,32+,33+,34-. The van der Waals surface area contributed by atoms with Crippen LogP contribution in [0.3, 0.4) is 0 Å². The summed E-state index contributed by atoms with van der Waals surface area (Å²) in [6.45, 7) is 3.84. The van der Waals surface area contributed by atoms with Gasteiger partial charge in [-0.1, -0.05) is 132 Å². The van der Waals surface area contributed by atoms with Crippen molar-refractivity contribution in [1.29, 1.82) is 0 Å². The van der Waals surface area contributed by atoms with Gasteiger partial charge in [-0.3, -0.25) is 9.59 Å². The highest BCUT2D eigenvalue weighted by Crippen LogP contribution is 2.52. The molecule has 4 aromatic carbocycles. The normalized spacial score (nSPS) is 23.6. The molecule has 0 spiro atoms. The van der Waals surface area contributed by atoms with Crippen LogP contribution in [0.25, 0.3) is 0 Å². The summed E-state index contributed by atoms with van der Waals surface area (Å²) in [5, 5.41) is 8.62. The van der Waals surface area contributed by atoms with E-state index in [9.17, 15) is 9.59 Å². The monoisotopic (exact) mass is 598 g/mol. The van der Waals surface area contributed by atoms with Crippen LogP contribution in [0.5, 0.6) is 0 Å². The van der Waals surface area contributed by atoms with E-state index in [2.05, 4.69) is 10.3 Å². The lowest BCUT2D eigenvalue weighted by atomic mass is 9.92. The molecule has 4 aromatic rings. The van der Waals surface area contributed by atoms with Crippen molar-refractivity contribution in [2.45, 2.75) is 56.6 Å². The second-order valence-electron chi connectivity index (χ2n) is 12.0.